The molecule has 2 aromatic rings. The Morgan fingerprint density at radius 1 is 1.14 bits per heavy atom. The number of rotatable bonds is 4. The average molecular weight is 308 g/mol. The Balaban J connectivity index is 2.32. The van der Waals surface area contributed by atoms with Crippen molar-refractivity contribution in [2.75, 3.05) is 4.72 Å². The number of halogens is 1. The maximum absolute atomic E-state index is 13.4. The van der Waals surface area contributed by atoms with E-state index in [-0.39, 0.29) is 22.2 Å². The highest BCUT2D eigenvalue weighted by atomic mass is 32.2. The fourth-order valence-electron chi connectivity index (χ4n) is 1.87. The Kier molecular flexibility index (Phi) is 4.29. The van der Waals surface area contributed by atoms with E-state index in [1.54, 1.807) is 12.1 Å². The van der Waals surface area contributed by atoms with Crippen molar-refractivity contribution in [2.24, 2.45) is 5.73 Å². The number of sulfonamides is 1. The zero-order valence-electron chi connectivity index (χ0n) is 11.8. The molecule has 0 aliphatic heterocycles. The fourth-order valence-corrected chi connectivity index (χ4v) is 3.00. The summed E-state index contributed by atoms with van der Waals surface area (Å²) in [4.78, 5) is 0.107. The lowest BCUT2D eigenvalue weighted by atomic mass is 10.1. The molecule has 0 spiro atoms. The van der Waals surface area contributed by atoms with E-state index in [2.05, 4.69) is 4.72 Å². The molecule has 0 fully saturated rings. The number of hydrogen-bond acceptors (Lipinski definition) is 3. The summed E-state index contributed by atoms with van der Waals surface area (Å²) in [6.07, 6.45) is 0. The van der Waals surface area contributed by atoms with Gasteiger partial charge >= 0.3 is 0 Å². The number of nitrogens with two attached hydrogens (primary N) is 1. The predicted octanol–water partition coefficient (Wildman–Crippen LogP) is 2.95. The largest absolute Gasteiger partial charge is 0.324 e. The topological polar surface area (TPSA) is 72.2 Å². The van der Waals surface area contributed by atoms with E-state index in [0.717, 1.165) is 5.56 Å². The van der Waals surface area contributed by atoms with E-state index in [4.69, 9.17) is 5.73 Å². The van der Waals surface area contributed by atoms with Crippen LogP contribution in [0.4, 0.5) is 10.1 Å². The maximum atomic E-state index is 13.4. The third kappa shape index (κ3) is 3.40. The normalized spacial score (nSPS) is 13.0. The van der Waals surface area contributed by atoms with Crippen molar-refractivity contribution < 1.29 is 12.8 Å². The van der Waals surface area contributed by atoms with Crippen LogP contribution in [0.15, 0.2) is 47.4 Å². The van der Waals surface area contributed by atoms with Crippen molar-refractivity contribution in [1.82, 2.24) is 0 Å². The number of benzene rings is 2. The molecular weight excluding hydrogens is 291 g/mol. The molecule has 1 unspecified atom stereocenters. The Labute approximate surface area is 123 Å². The summed E-state index contributed by atoms with van der Waals surface area (Å²) >= 11 is 0. The highest BCUT2D eigenvalue weighted by Crippen LogP contribution is 2.22. The summed E-state index contributed by atoms with van der Waals surface area (Å²) < 4.78 is 40.4. The van der Waals surface area contributed by atoms with Gasteiger partial charge in [0, 0.05) is 11.6 Å². The first-order valence-corrected chi connectivity index (χ1v) is 7.93. The van der Waals surface area contributed by atoms with Gasteiger partial charge in [0.25, 0.3) is 10.0 Å². The molecule has 0 radical (unpaired) electrons. The predicted molar refractivity (Wildman–Crippen MR) is 81.0 cm³/mol. The van der Waals surface area contributed by atoms with Gasteiger partial charge < -0.3 is 5.73 Å². The zero-order valence-corrected chi connectivity index (χ0v) is 12.6. The van der Waals surface area contributed by atoms with Crippen LogP contribution < -0.4 is 10.5 Å². The molecule has 0 aliphatic rings. The molecule has 1 atom stereocenters. The Bertz CT molecular complexity index is 741. The lowest BCUT2D eigenvalue weighted by molar-refractivity contribution is 0.600. The Morgan fingerprint density at radius 2 is 1.76 bits per heavy atom. The molecule has 3 N–H and O–H groups in total. The minimum Gasteiger partial charge on any atom is -0.324 e. The SMILES string of the molecule is Cc1c(F)cccc1NS(=O)(=O)c1ccc(C(C)N)cc1. The molecule has 2 aromatic carbocycles. The lowest BCUT2D eigenvalue weighted by Gasteiger charge is -2.12. The van der Waals surface area contributed by atoms with Crippen LogP contribution >= 0.6 is 0 Å². The molecule has 0 amide bonds. The second kappa shape index (κ2) is 5.83. The molecule has 0 aromatic heterocycles. The van der Waals surface area contributed by atoms with Crippen LogP contribution in [0.5, 0.6) is 0 Å². The van der Waals surface area contributed by atoms with Crippen LogP contribution in [-0.2, 0) is 10.0 Å². The van der Waals surface area contributed by atoms with Gasteiger partial charge in [0.1, 0.15) is 5.82 Å². The minimum absolute atomic E-state index is 0.107. The summed E-state index contributed by atoms with van der Waals surface area (Å²) in [5, 5.41) is 0. The van der Waals surface area contributed by atoms with Gasteiger partial charge in [-0.1, -0.05) is 18.2 Å². The van der Waals surface area contributed by atoms with Gasteiger partial charge in [-0.25, -0.2) is 12.8 Å². The van der Waals surface area contributed by atoms with Crippen molar-refractivity contribution in [1.29, 1.82) is 0 Å². The number of hydrogen-bond donors (Lipinski definition) is 2. The van der Waals surface area contributed by atoms with Crippen molar-refractivity contribution in [3.05, 3.63) is 59.4 Å². The third-order valence-electron chi connectivity index (χ3n) is 3.23. The van der Waals surface area contributed by atoms with Crippen molar-refractivity contribution in [3.8, 4) is 0 Å². The van der Waals surface area contributed by atoms with E-state index < -0.39 is 15.8 Å². The van der Waals surface area contributed by atoms with Gasteiger partial charge in [-0.3, -0.25) is 4.72 Å². The van der Waals surface area contributed by atoms with Crippen LogP contribution in [0.25, 0.3) is 0 Å². The minimum atomic E-state index is -3.75. The third-order valence-corrected chi connectivity index (χ3v) is 4.61. The number of nitrogens with one attached hydrogen (secondary N) is 1. The van der Waals surface area contributed by atoms with E-state index in [1.165, 1.54) is 37.3 Å². The first-order chi connectivity index (χ1) is 9.81. The van der Waals surface area contributed by atoms with Crippen LogP contribution in [0.3, 0.4) is 0 Å². The smallest absolute Gasteiger partial charge is 0.261 e. The molecular formula is C15H17FN2O2S. The second-order valence-corrected chi connectivity index (χ2v) is 6.56. The van der Waals surface area contributed by atoms with Crippen LogP contribution in [0, 0.1) is 12.7 Å². The molecule has 2 rings (SSSR count). The fraction of sp³-hybridized carbons (Fsp3) is 0.200. The van der Waals surface area contributed by atoms with E-state index in [9.17, 15) is 12.8 Å². The molecule has 0 saturated carbocycles. The van der Waals surface area contributed by atoms with Gasteiger partial charge in [-0.15, -0.1) is 0 Å². The average Bonchev–Trinajstić information content (AvgIpc) is 2.44. The zero-order chi connectivity index (χ0) is 15.6. The highest BCUT2D eigenvalue weighted by Gasteiger charge is 2.16. The molecule has 0 saturated heterocycles. The molecule has 6 heteroatoms. The van der Waals surface area contributed by atoms with Crippen LogP contribution in [-0.4, -0.2) is 8.42 Å². The van der Waals surface area contributed by atoms with E-state index in [0.29, 0.717) is 0 Å². The summed E-state index contributed by atoms with van der Waals surface area (Å²) in [5.41, 5.74) is 7.06. The highest BCUT2D eigenvalue weighted by molar-refractivity contribution is 7.92. The van der Waals surface area contributed by atoms with Gasteiger partial charge in [0.15, 0.2) is 0 Å². The standard InChI is InChI=1S/C15H17FN2O2S/c1-10-14(16)4-3-5-15(10)18-21(19,20)13-8-6-12(7-9-13)11(2)17/h3-9,11,18H,17H2,1-2H3. The molecule has 21 heavy (non-hydrogen) atoms. The Hall–Kier alpha value is -1.92. The van der Waals surface area contributed by atoms with Crippen molar-refractivity contribution in [2.45, 2.75) is 24.8 Å². The van der Waals surface area contributed by atoms with Gasteiger partial charge in [0.2, 0.25) is 0 Å². The first-order valence-electron chi connectivity index (χ1n) is 6.45. The monoisotopic (exact) mass is 308 g/mol. The van der Waals surface area contributed by atoms with Gasteiger partial charge in [-0.2, -0.15) is 0 Å². The first kappa shape index (κ1) is 15.5. The van der Waals surface area contributed by atoms with Crippen LogP contribution in [0.1, 0.15) is 24.1 Å². The van der Waals surface area contributed by atoms with E-state index in [1.807, 2.05) is 6.92 Å². The summed E-state index contributed by atoms with van der Waals surface area (Å²) in [6.45, 7) is 3.34. The second-order valence-electron chi connectivity index (χ2n) is 4.88. The van der Waals surface area contributed by atoms with E-state index >= 15 is 0 Å². The summed E-state index contributed by atoms with van der Waals surface area (Å²) in [7, 11) is -3.75. The quantitative estimate of drug-likeness (QED) is 0.912. The number of anilines is 1. The van der Waals surface area contributed by atoms with Crippen molar-refractivity contribution in [3.63, 3.8) is 0 Å². The molecule has 0 bridgehead atoms. The molecule has 112 valence electrons. The van der Waals surface area contributed by atoms with Gasteiger partial charge in [0.05, 0.1) is 10.6 Å². The lowest BCUT2D eigenvalue weighted by Crippen LogP contribution is -2.14. The Morgan fingerprint density at radius 3 is 2.33 bits per heavy atom. The van der Waals surface area contributed by atoms with Crippen molar-refractivity contribution >= 4 is 15.7 Å². The maximum Gasteiger partial charge on any atom is 0.261 e. The van der Waals surface area contributed by atoms with Gasteiger partial charge in [-0.05, 0) is 43.7 Å². The summed E-state index contributed by atoms with van der Waals surface area (Å²) in [6, 6.07) is 10.4. The molecule has 4 nitrogen and oxygen atoms in total. The van der Waals surface area contributed by atoms with Crippen LogP contribution in [0.2, 0.25) is 0 Å². The molecule has 0 heterocycles. The summed E-state index contributed by atoms with van der Waals surface area (Å²) in [5.74, 6) is -0.456. The molecule has 0 aliphatic carbocycles.